The Morgan fingerprint density at radius 1 is 0.846 bits per heavy atom. The lowest BCUT2D eigenvalue weighted by Crippen LogP contribution is -2.35. The van der Waals surface area contributed by atoms with Crippen LogP contribution in [0.3, 0.4) is 0 Å². The maximum atomic E-state index is 11.8. The summed E-state index contributed by atoms with van der Waals surface area (Å²) in [6.45, 7) is 0.961. The average molecular weight is 382 g/mol. The predicted octanol–water partition coefficient (Wildman–Crippen LogP) is -3.61. The molecule has 0 aliphatic carbocycles. The molecule has 13 nitrogen and oxygen atoms in total. The van der Waals surface area contributed by atoms with Gasteiger partial charge < -0.3 is 25.5 Å². The van der Waals surface area contributed by atoms with Crippen LogP contribution in [0.25, 0.3) is 0 Å². The van der Waals surface area contributed by atoms with E-state index in [9.17, 15) is 29.4 Å². The number of aliphatic hydroxyl groups excluding tert-OH is 5. The van der Waals surface area contributed by atoms with Gasteiger partial charge in [0.25, 0.3) is 0 Å². The fourth-order valence-electron chi connectivity index (χ4n) is 1.07. The molecule has 5 N–H and O–H groups in total. The van der Waals surface area contributed by atoms with Gasteiger partial charge in [-0.2, -0.15) is 0 Å². The standard InChI is InChI=1S/C13H18O13/c1-5(15)11(20)24-23-9(18)3-7(10(19)8(17)4-14)13(22)26-25-12(21)6(2)16/h3,5-6,8,10,14-17,19H,4H2,1-2H3/b7-3-. The lowest BCUT2D eigenvalue weighted by atomic mass is 10.0. The molecule has 0 aromatic carbocycles. The molecule has 4 atom stereocenters. The van der Waals surface area contributed by atoms with E-state index in [0.29, 0.717) is 0 Å². The third-order valence-corrected chi connectivity index (χ3v) is 2.47. The van der Waals surface area contributed by atoms with E-state index in [1.807, 2.05) is 0 Å². The maximum Gasteiger partial charge on any atom is 0.385 e. The fourth-order valence-corrected chi connectivity index (χ4v) is 1.07. The van der Waals surface area contributed by atoms with Crippen molar-refractivity contribution in [3.05, 3.63) is 11.6 Å². The summed E-state index contributed by atoms with van der Waals surface area (Å²) in [5, 5.41) is 45.6. The fraction of sp³-hybridized carbons (Fsp3) is 0.538. The molecule has 0 bridgehead atoms. The molecule has 0 aliphatic rings. The zero-order chi connectivity index (χ0) is 20.4. The van der Waals surface area contributed by atoms with Crippen LogP contribution in [0.1, 0.15) is 13.8 Å². The minimum atomic E-state index is -2.20. The molecular formula is C13H18O13. The molecule has 0 spiro atoms. The van der Waals surface area contributed by atoms with Crippen LogP contribution < -0.4 is 0 Å². The number of aliphatic hydroxyl groups is 5. The second kappa shape index (κ2) is 11.1. The van der Waals surface area contributed by atoms with Gasteiger partial charge in [0.2, 0.25) is 0 Å². The summed E-state index contributed by atoms with van der Waals surface area (Å²) in [6, 6.07) is 0. The predicted molar refractivity (Wildman–Crippen MR) is 74.9 cm³/mol. The molecule has 0 saturated heterocycles. The third kappa shape index (κ3) is 8.00. The van der Waals surface area contributed by atoms with Crippen LogP contribution in [-0.4, -0.2) is 80.4 Å². The maximum absolute atomic E-state index is 11.8. The molecule has 0 aromatic heterocycles. The van der Waals surface area contributed by atoms with Crippen molar-refractivity contribution < 1.29 is 64.3 Å². The Balaban J connectivity index is 5.20. The Kier molecular flexibility index (Phi) is 10.0. The third-order valence-electron chi connectivity index (χ3n) is 2.47. The van der Waals surface area contributed by atoms with Crippen LogP contribution in [0, 0.1) is 0 Å². The molecule has 0 heterocycles. The number of hydrogen-bond donors (Lipinski definition) is 5. The number of hydrogen-bond acceptors (Lipinski definition) is 13. The lowest BCUT2D eigenvalue weighted by Gasteiger charge is -2.17. The van der Waals surface area contributed by atoms with E-state index in [1.165, 1.54) is 0 Å². The summed E-state index contributed by atoms with van der Waals surface area (Å²) in [6.07, 6.45) is -7.23. The average Bonchev–Trinajstić information content (AvgIpc) is 2.59. The van der Waals surface area contributed by atoms with Crippen molar-refractivity contribution in [1.82, 2.24) is 0 Å². The summed E-state index contributed by atoms with van der Waals surface area (Å²) in [4.78, 5) is 60.9. The minimum Gasteiger partial charge on any atom is -0.394 e. The molecule has 0 radical (unpaired) electrons. The molecule has 0 saturated carbocycles. The second-order valence-corrected chi connectivity index (χ2v) is 4.72. The van der Waals surface area contributed by atoms with Crippen molar-refractivity contribution in [2.45, 2.75) is 38.3 Å². The van der Waals surface area contributed by atoms with Gasteiger partial charge in [-0.05, 0) is 13.8 Å². The van der Waals surface area contributed by atoms with Crippen molar-refractivity contribution in [2.75, 3.05) is 6.61 Å². The van der Waals surface area contributed by atoms with E-state index in [-0.39, 0.29) is 6.08 Å². The van der Waals surface area contributed by atoms with Crippen LogP contribution in [0.2, 0.25) is 0 Å². The smallest absolute Gasteiger partial charge is 0.385 e. The summed E-state index contributed by atoms with van der Waals surface area (Å²) in [5.74, 6) is -5.96. The van der Waals surface area contributed by atoms with Gasteiger partial charge >= 0.3 is 23.9 Å². The Labute approximate surface area is 145 Å². The van der Waals surface area contributed by atoms with Gasteiger partial charge in [-0.3, -0.25) is 0 Å². The van der Waals surface area contributed by atoms with E-state index in [0.717, 1.165) is 13.8 Å². The van der Waals surface area contributed by atoms with Crippen LogP contribution >= 0.6 is 0 Å². The largest absolute Gasteiger partial charge is 0.394 e. The second-order valence-electron chi connectivity index (χ2n) is 4.72. The minimum absolute atomic E-state index is 0.206. The monoisotopic (exact) mass is 382 g/mol. The highest BCUT2D eigenvalue weighted by Gasteiger charge is 2.30. The molecule has 13 heteroatoms. The number of rotatable bonds is 7. The summed E-state index contributed by atoms with van der Waals surface area (Å²) >= 11 is 0. The van der Waals surface area contributed by atoms with E-state index < -0.39 is 60.5 Å². The first-order valence-corrected chi connectivity index (χ1v) is 6.91. The first kappa shape index (κ1) is 23.4. The zero-order valence-corrected chi connectivity index (χ0v) is 13.6. The van der Waals surface area contributed by atoms with Crippen LogP contribution in [0.15, 0.2) is 11.6 Å². The molecule has 0 fully saturated rings. The van der Waals surface area contributed by atoms with Gasteiger partial charge in [0.05, 0.1) is 12.2 Å². The molecular weight excluding hydrogens is 364 g/mol. The number of carbonyl (C=O) groups excluding carboxylic acids is 4. The highest BCUT2D eigenvalue weighted by Crippen LogP contribution is 2.11. The molecule has 0 amide bonds. The highest BCUT2D eigenvalue weighted by atomic mass is 17.2. The molecule has 0 aromatic rings. The van der Waals surface area contributed by atoms with Crippen molar-refractivity contribution in [1.29, 1.82) is 0 Å². The van der Waals surface area contributed by atoms with Crippen LogP contribution in [0.5, 0.6) is 0 Å². The molecule has 4 unspecified atom stereocenters. The topological polar surface area (TPSA) is 206 Å². The van der Waals surface area contributed by atoms with Crippen molar-refractivity contribution in [3.8, 4) is 0 Å². The molecule has 26 heavy (non-hydrogen) atoms. The van der Waals surface area contributed by atoms with E-state index >= 15 is 0 Å². The van der Waals surface area contributed by atoms with E-state index in [2.05, 4.69) is 19.6 Å². The van der Waals surface area contributed by atoms with Gasteiger partial charge in [0, 0.05) is 6.08 Å². The van der Waals surface area contributed by atoms with Crippen molar-refractivity contribution in [2.24, 2.45) is 0 Å². The number of carbonyl (C=O) groups is 4. The Morgan fingerprint density at radius 2 is 1.31 bits per heavy atom. The summed E-state index contributed by atoms with van der Waals surface area (Å²) in [5.41, 5.74) is -1.05. The van der Waals surface area contributed by atoms with Crippen LogP contribution in [0.4, 0.5) is 0 Å². The van der Waals surface area contributed by atoms with Gasteiger partial charge in [0.1, 0.15) is 12.2 Å². The molecule has 148 valence electrons. The van der Waals surface area contributed by atoms with E-state index in [1.54, 1.807) is 0 Å². The first-order valence-electron chi connectivity index (χ1n) is 6.91. The lowest BCUT2D eigenvalue weighted by molar-refractivity contribution is -0.262. The zero-order valence-electron chi connectivity index (χ0n) is 13.6. The first-order chi connectivity index (χ1) is 12.0. The quantitative estimate of drug-likeness (QED) is 0.164. The van der Waals surface area contributed by atoms with Gasteiger partial charge in [-0.15, -0.1) is 0 Å². The molecule has 0 aliphatic heterocycles. The summed E-state index contributed by atoms with van der Waals surface area (Å²) in [7, 11) is 0. The normalized spacial score (nSPS) is 15.9. The van der Waals surface area contributed by atoms with Crippen molar-refractivity contribution in [3.63, 3.8) is 0 Å². The Morgan fingerprint density at radius 3 is 1.73 bits per heavy atom. The van der Waals surface area contributed by atoms with Crippen LogP contribution in [-0.2, 0) is 38.7 Å². The van der Waals surface area contributed by atoms with Gasteiger partial charge in [0.15, 0.2) is 12.2 Å². The Bertz CT molecular complexity index is 550. The Hall–Kier alpha value is -2.58. The SMILES string of the molecule is CC(O)C(=O)OOC(=O)/C=C(\C(=O)OOC(=O)C(C)O)C(O)C(O)CO. The highest BCUT2D eigenvalue weighted by molar-refractivity contribution is 5.97. The van der Waals surface area contributed by atoms with Gasteiger partial charge in [-0.1, -0.05) is 0 Å². The van der Waals surface area contributed by atoms with Gasteiger partial charge in [-0.25, -0.2) is 38.7 Å². The molecule has 0 rings (SSSR count). The van der Waals surface area contributed by atoms with Crippen molar-refractivity contribution >= 4 is 23.9 Å². The summed E-state index contributed by atoms with van der Waals surface area (Å²) < 4.78 is 0. The van der Waals surface area contributed by atoms with E-state index in [4.69, 9.17) is 15.3 Å².